The van der Waals surface area contributed by atoms with Crippen LogP contribution in [0, 0.1) is 11.8 Å². The first-order valence-electron chi connectivity index (χ1n) is 4.51. The maximum absolute atomic E-state index is 4.38. The molecule has 0 unspecified atom stereocenters. The summed E-state index contributed by atoms with van der Waals surface area (Å²) >= 11 is 4.77. The van der Waals surface area contributed by atoms with Crippen molar-refractivity contribution in [3.8, 4) is 0 Å². The second-order valence-electron chi connectivity index (χ2n) is 3.92. The fourth-order valence-corrected chi connectivity index (χ4v) is 2.58. The van der Waals surface area contributed by atoms with Crippen LogP contribution in [0.5, 0.6) is 0 Å². The van der Waals surface area contributed by atoms with Gasteiger partial charge in [0.05, 0.1) is 0 Å². The zero-order valence-corrected chi connectivity index (χ0v) is 10.8. The summed E-state index contributed by atoms with van der Waals surface area (Å²) < 4.78 is 5.23. The van der Waals surface area contributed by atoms with E-state index in [1.807, 2.05) is 0 Å². The van der Waals surface area contributed by atoms with Gasteiger partial charge in [0.15, 0.2) is 3.92 Å². The van der Waals surface area contributed by atoms with Gasteiger partial charge >= 0.3 is 0 Å². The molecule has 1 aromatic rings. The average molecular weight is 263 g/mol. The Kier molecular flexibility index (Phi) is 3.86. The van der Waals surface area contributed by atoms with Gasteiger partial charge in [-0.1, -0.05) is 27.7 Å². The molecular weight excluding hydrogens is 248 g/mol. The van der Waals surface area contributed by atoms with Gasteiger partial charge in [-0.15, -0.1) is 0 Å². The molecule has 0 saturated heterocycles. The first kappa shape index (κ1) is 11.1. The Morgan fingerprint density at radius 2 is 1.69 bits per heavy atom. The third-order valence-corrected chi connectivity index (χ3v) is 3.28. The quantitative estimate of drug-likeness (QED) is 0.831. The lowest BCUT2D eigenvalue weighted by Gasteiger charge is -2.21. The number of hydrogen-bond donors (Lipinski definition) is 0. The van der Waals surface area contributed by atoms with Crippen LogP contribution in [0.3, 0.4) is 0 Å². The molecule has 1 rings (SSSR count). The average Bonchev–Trinajstić information content (AvgIpc) is 2.34. The molecule has 13 heavy (non-hydrogen) atoms. The van der Waals surface area contributed by atoms with Crippen molar-refractivity contribution in [1.82, 2.24) is 9.36 Å². The molecule has 0 saturated carbocycles. The molecule has 0 spiro atoms. The van der Waals surface area contributed by atoms with Gasteiger partial charge < -0.3 is 0 Å². The fraction of sp³-hybridized carbons (Fsp3) is 0.778. The highest BCUT2D eigenvalue weighted by molar-refractivity contribution is 9.11. The molecular formula is C9H15BrN2S. The molecule has 74 valence electrons. The van der Waals surface area contributed by atoms with Gasteiger partial charge in [0, 0.05) is 5.92 Å². The monoisotopic (exact) mass is 262 g/mol. The van der Waals surface area contributed by atoms with Gasteiger partial charge in [0.25, 0.3) is 0 Å². The molecule has 0 aromatic carbocycles. The van der Waals surface area contributed by atoms with Crippen LogP contribution in [-0.2, 0) is 0 Å². The van der Waals surface area contributed by atoms with Gasteiger partial charge in [0.2, 0.25) is 0 Å². The minimum absolute atomic E-state index is 0.475. The van der Waals surface area contributed by atoms with Crippen molar-refractivity contribution in [3.63, 3.8) is 0 Å². The molecule has 1 heterocycles. The van der Waals surface area contributed by atoms with Crippen LogP contribution in [0.15, 0.2) is 3.92 Å². The third-order valence-electron chi connectivity index (χ3n) is 2.15. The first-order chi connectivity index (χ1) is 6.02. The zero-order valence-electron chi connectivity index (χ0n) is 8.41. The van der Waals surface area contributed by atoms with Crippen molar-refractivity contribution < 1.29 is 0 Å². The Bertz CT molecular complexity index is 262. The number of rotatable bonds is 3. The summed E-state index contributed by atoms with van der Waals surface area (Å²) in [6.45, 7) is 8.89. The van der Waals surface area contributed by atoms with Gasteiger partial charge in [-0.25, -0.2) is 4.98 Å². The van der Waals surface area contributed by atoms with E-state index in [0.717, 1.165) is 9.74 Å². The fourth-order valence-electron chi connectivity index (χ4n) is 1.72. The Labute approximate surface area is 92.1 Å². The van der Waals surface area contributed by atoms with Crippen molar-refractivity contribution >= 4 is 27.5 Å². The van der Waals surface area contributed by atoms with Crippen LogP contribution in [0.4, 0.5) is 0 Å². The Balaban J connectivity index is 2.88. The summed E-state index contributed by atoms with van der Waals surface area (Å²) in [4.78, 5) is 4.38. The minimum Gasteiger partial charge on any atom is -0.212 e. The molecule has 0 bridgehead atoms. The summed E-state index contributed by atoms with van der Waals surface area (Å²) in [5, 5.41) is 0. The molecule has 0 radical (unpaired) electrons. The maximum Gasteiger partial charge on any atom is 0.179 e. The third kappa shape index (κ3) is 2.74. The smallest absolute Gasteiger partial charge is 0.179 e. The van der Waals surface area contributed by atoms with Crippen molar-refractivity contribution in [2.75, 3.05) is 0 Å². The van der Waals surface area contributed by atoms with Gasteiger partial charge in [0.1, 0.15) is 5.82 Å². The van der Waals surface area contributed by atoms with E-state index in [0.29, 0.717) is 17.8 Å². The topological polar surface area (TPSA) is 25.8 Å². The summed E-state index contributed by atoms with van der Waals surface area (Å²) in [6.07, 6.45) is 0. The molecule has 4 heteroatoms. The van der Waals surface area contributed by atoms with Gasteiger partial charge in [-0.05, 0) is 39.3 Å². The molecule has 1 aromatic heterocycles. The highest BCUT2D eigenvalue weighted by Gasteiger charge is 2.23. The van der Waals surface area contributed by atoms with Crippen molar-refractivity contribution in [1.29, 1.82) is 0 Å². The van der Waals surface area contributed by atoms with Crippen LogP contribution in [0.25, 0.3) is 0 Å². The molecule has 0 fully saturated rings. The lowest BCUT2D eigenvalue weighted by molar-refractivity contribution is 0.374. The Morgan fingerprint density at radius 1 is 1.15 bits per heavy atom. The SMILES string of the molecule is CC(C)C(c1nsc(Br)n1)C(C)C. The van der Waals surface area contributed by atoms with Crippen LogP contribution >= 0.6 is 27.5 Å². The maximum atomic E-state index is 4.38. The van der Waals surface area contributed by atoms with E-state index in [1.165, 1.54) is 11.5 Å². The lowest BCUT2D eigenvalue weighted by atomic mass is 9.85. The first-order valence-corrected chi connectivity index (χ1v) is 6.08. The number of hydrogen-bond acceptors (Lipinski definition) is 3. The van der Waals surface area contributed by atoms with E-state index in [1.54, 1.807) is 0 Å². The predicted molar refractivity (Wildman–Crippen MR) is 60.0 cm³/mol. The predicted octanol–water partition coefficient (Wildman–Crippen LogP) is 3.70. The highest BCUT2D eigenvalue weighted by atomic mass is 79.9. The molecule has 0 aliphatic rings. The van der Waals surface area contributed by atoms with Crippen LogP contribution in [0.2, 0.25) is 0 Å². The van der Waals surface area contributed by atoms with Gasteiger partial charge in [-0.3, -0.25) is 0 Å². The lowest BCUT2D eigenvalue weighted by Crippen LogP contribution is -2.14. The second-order valence-corrected chi connectivity index (χ2v) is 5.95. The largest absolute Gasteiger partial charge is 0.212 e. The van der Waals surface area contributed by atoms with E-state index in [-0.39, 0.29) is 0 Å². The highest BCUT2D eigenvalue weighted by Crippen LogP contribution is 2.31. The van der Waals surface area contributed by atoms with E-state index in [4.69, 9.17) is 0 Å². The summed E-state index contributed by atoms with van der Waals surface area (Å²) in [5.41, 5.74) is 0. The standard InChI is InChI=1S/C9H15BrN2S/c1-5(2)7(6(3)4)8-11-9(10)13-12-8/h5-7H,1-4H3. The number of aromatic nitrogens is 2. The Morgan fingerprint density at radius 3 is 2.00 bits per heavy atom. The van der Waals surface area contributed by atoms with E-state index in [9.17, 15) is 0 Å². The second kappa shape index (κ2) is 4.51. The van der Waals surface area contributed by atoms with Crippen molar-refractivity contribution in [2.45, 2.75) is 33.6 Å². The molecule has 2 nitrogen and oxygen atoms in total. The van der Waals surface area contributed by atoms with E-state index in [2.05, 4.69) is 53.0 Å². The molecule has 0 aliphatic carbocycles. The van der Waals surface area contributed by atoms with E-state index >= 15 is 0 Å². The summed E-state index contributed by atoms with van der Waals surface area (Å²) in [7, 11) is 0. The van der Waals surface area contributed by atoms with Crippen LogP contribution < -0.4 is 0 Å². The normalized spacial score (nSPS) is 12.0. The van der Waals surface area contributed by atoms with Gasteiger partial charge in [-0.2, -0.15) is 4.37 Å². The number of nitrogens with zero attached hydrogens (tertiary/aromatic N) is 2. The number of halogens is 1. The molecule has 0 atom stereocenters. The summed E-state index contributed by atoms with van der Waals surface area (Å²) in [6, 6.07) is 0. The van der Waals surface area contributed by atoms with Crippen molar-refractivity contribution in [3.05, 3.63) is 9.74 Å². The Hall–Kier alpha value is 0.0400. The van der Waals surface area contributed by atoms with E-state index < -0.39 is 0 Å². The molecule has 0 N–H and O–H groups in total. The minimum atomic E-state index is 0.475. The molecule has 0 amide bonds. The summed E-state index contributed by atoms with van der Waals surface area (Å²) in [5.74, 6) is 2.66. The van der Waals surface area contributed by atoms with Crippen LogP contribution in [-0.4, -0.2) is 9.36 Å². The molecule has 0 aliphatic heterocycles. The zero-order chi connectivity index (χ0) is 10.0. The van der Waals surface area contributed by atoms with Crippen molar-refractivity contribution in [2.24, 2.45) is 11.8 Å². The van der Waals surface area contributed by atoms with Crippen LogP contribution in [0.1, 0.15) is 39.4 Å².